The lowest BCUT2D eigenvalue weighted by molar-refractivity contribution is -0.133. The number of hydrogen-bond donors (Lipinski definition) is 1. The summed E-state index contributed by atoms with van der Waals surface area (Å²) in [6.45, 7) is 5.75. The maximum Gasteiger partial charge on any atom is 0.335 e. The van der Waals surface area contributed by atoms with Gasteiger partial charge >= 0.3 is 5.97 Å². The molecule has 148 valence electrons. The van der Waals surface area contributed by atoms with Gasteiger partial charge in [-0.05, 0) is 47.8 Å². The van der Waals surface area contributed by atoms with E-state index in [0.717, 1.165) is 37.9 Å². The molecule has 1 amide bonds. The van der Waals surface area contributed by atoms with Crippen LogP contribution in [0.25, 0.3) is 0 Å². The zero-order valence-corrected chi connectivity index (χ0v) is 16.7. The highest BCUT2D eigenvalue weighted by Crippen LogP contribution is 2.29. The van der Waals surface area contributed by atoms with E-state index in [1.807, 2.05) is 35.2 Å². The lowest BCUT2D eigenvalue weighted by atomic mass is 9.81. The third kappa shape index (κ3) is 4.80. The quantitative estimate of drug-likeness (QED) is 0.802. The summed E-state index contributed by atoms with van der Waals surface area (Å²) >= 11 is 0. The second-order valence-electron chi connectivity index (χ2n) is 8.42. The van der Waals surface area contributed by atoms with E-state index in [-0.39, 0.29) is 11.3 Å². The molecule has 1 saturated heterocycles. The molecule has 1 aliphatic rings. The molecule has 0 atom stereocenters. The second-order valence-corrected chi connectivity index (χ2v) is 8.42. The van der Waals surface area contributed by atoms with Gasteiger partial charge in [0.15, 0.2) is 0 Å². The molecule has 2 aromatic carbocycles. The first-order valence-corrected chi connectivity index (χ1v) is 10.0. The van der Waals surface area contributed by atoms with Crippen molar-refractivity contribution in [2.75, 3.05) is 13.1 Å². The minimum Gasteiger partial charge on any atom is -0.478 e. The number of carbonyl (C=O) groups excluding carboxylic acids is 1. The smallest absolute Gasteiger partial charge is 0.335 e. The van der Waals surface area contributed by atoms with Gasteiger partial charge in [-0.25, -0.2) is 4.79 Å². The van der Waals surface area contributed by atoms with Gasteiger partial charge in [-0.3, -0.25) is 4.79 Å². The fourth-order valence-electron chi connectivity index (χ4n) is 4.09. The van der Waals surface area contributed by atoms with Crippen LogP contribution in [0.4, 0.5) is 0 Å². The molecule has 1 fully saturated rings. The standard InChI is InChI=1S/C24H29NO3/c1-24(2,20-9-4-3-5-10-20)17-22(26)25-14-12-18(13-15-25)16-19-8-6-7-11-21(19)23(27)28/h3-11,18H,12-17H2,1-2H3,(H,27,28). The summed E-state index contributed by atoms with van der Waals surface area (Å²) in [6.07, 6.45) is 3.11. The molecule has 0 spiro atoms. The number of amides is 1. The summed E-state index contributed by atoms with van der Waals surface area (Å²) in [5.74, 6) is -0.240. The molecule has 0 aliphatic carbocycles. The normalized spacial score (nSPS) is 15.4. The van der Waals surface area contributed by atoms with Gasteiger partial charge < -0.3 is 10.0 Å². The lowest BCUT2D eigenvalue weighted by Crippen LogP contribution is -2.41. The first-order chi connectivity index (χ1) is 13.4. The predicted molar refractivity (Wildman–Crippen MR) is 110 cm³/mol. The number of carboxylic acid groups (broad SMARTS) is 1. The molecule has 2 aromatic rings. The van der Waals surface area contributed by atoms with Crippen LogP contribution in [0.5, 0.6) is 0 Å². The third-order valence-corrected chi connectivity index (χ3v) is 5.87. The summed E-state index contributed by atoms with van der Waals surface area (Å²) in [6, 6.07) is 17.4. The molecular formula is C24H29NO3. The van der Waals surface area contributed by atoms with Crippen molar-refractivity contribution in [3.8, 4) is 0 Å². The van der Waals surface area contributed by atoms with Crippen molar-refractivity contribution in [2.45, 2.75) is 44.9 Å². The van der Waals surface area contributed by atoms with Gasteiger partial charge in [0.2, 0.25) is 5.91 Å². The Kier molecular flexibility index (Phi) is 6.18. The van der Waals surface area contributed by atoms with Crippen LogP contribution in [0.1, 0.15) is 54.6 Å². The van der Waals surface area contributed by atoms with Crippen LogP contribution >= 0.6 is 0 Å². The van der Waals surface area contributed by atoms with Crippen LogP contribution < -0.4 is 0 Å². The van der Waals surface area contributed by atoms with E-state index in [0.29, 0.717) is 17.9 Å². The second kappa shape index (κ2) is 8.59. The van der Waals surface area contributed by atoms with Gasteiger partial charge in [-0.2, -0.15) is 0 Å². The van der Waals surface area contributed by atoms with Crippen molar-refractivity contribution in [1.82, 2.24) is 4.90 Å². The highest BCUT2D eigenvalue weighted by molar-refractivity contribution is 5.89. The molecule has 3 rings (SSSR count). The fourth-order valence-corrected chi connectivity index (χ4v) is 4.09. The molecule has 1 N–H and O–H groups in total. The van der Waals surface area contributed by atoms with Gasteiger partial charge in [0.05, 0.1) is 5.56 Å². The minimum atomic E-state index is -0.869. The third-order valence-electron chi connectivity index (χ3n) is 5.87. The number of likely N-dealkylation sites (tertiary alicyclic amines) is 1. The predicted octanol–water partition coefficient (Wildman–Crippen LogP) is 4.53. The van der Waals surface area contributed by atoms with Gasteiger partial charge in [0, 0.05) is 19.5 Å². The van der Waals surface area contributed by atoms with E-state index in [2.05, 4.69) is 26.0 Å². The highest BCUT2D eigenvalue weighted by atomic mass is 16.4. The monoisotopic (exact) mass is 379 g/mol. The Morgan fingerprint density at radius 2 is 1.61 bits per heavy atom. The molecule has 0 aromatic heterocycles. The summed E-state index contributed by atoms with van der Waals surface area (Å²) in [5.41, 5.74) is 2.29. The highest BCUT2D eigenvalue weighted by Gasteiger charge is 2.29. The molecule has 0 saturated carbocycles. The van der Waals surface area contributed by atoms with Crippen molar-refractivity contribution in [1.29, 1.82) is 0 Å². The number of carboxylic acids is 1. The average molecular weight is 380 g/mol. The van der Waals surface area contributed by atoms with E-state index in [1.165, 1.54) is 5.56 Å². The molecule has 0 unspecified atom stereocenters. The first kappa shape index (κ1) is 20.1. The van der Waals surface area contributed by atoms with Gasteiger partial charge in [-0.1, -0.05) is 62.4 Å². The average Bonchev–Trinajstić information content (AvgIpc) is 2.69. The maximum atomic E-state index is 12.8. The molecule has 28 heavy (non-hydrogen) atoms. The number of benzene rings is 2. The van der Waals surface area contributed by atoms with Gasteiger partial charge in [-0.15, -0.1) is 0 Å². The number of carbonyl (C=O) groups is 2. The Morgan fingerprint density at radius 1 is 1.00 bits per heavy atom. The molecule has 4 nitrogen and oxygen atoms in total. The van der Waals surface area contributed by atoms with E-state index in [1.54, 1.807) is 12.1 Å². The largest absolute Gasteiger partial charge is 0.478 e. The summed E-state index contributed by atoms with van der Waals surface area (Å²) < 4.78 is 0. The van der Waals surface area contributed by atoms with Crippen LogP contribution in [0, 0.1) is 5.92 Å². The number of rotatable bonds is 6. The Morgan fingerprint density at radius 3 is 2.25 bits per heavy atom. The first-order valence-electron chi connectivity index (χ1n) is 10.0. The molecular weight excluding hydrogens is 350 g/mol. The zero-order valence-electron chi connectivity index (χ0n) is 16.7. The topological polar surface area (TPSA) is 57.6 Å². The van der Waals surface area contributed by atoms with Crippen LogP contribution in [0.2, 0.25) is 0 Å². The number of aromatic carboxylic acids is 1. The van der Waals surface area contributed by atoms with Crippen LogP contribution in [0.3, 0.4) is 0 Å². The zero-order chi connectivity index (χ0) is 20.1. The molecule has 1 aliphatic heterocycles. The van der Waals surface area contributed by atoms with Crippen molar-refractivity contribution in [3.63, 3.8) is 0 Å². The number of nitrogens with zero attached hydrogens (tertiary/aromatic N) is 1. The Bertz CT molecular complexity index is 821. The summed E-state index contributed by atoms with van der Waals surface area (Å²) in [4.78, 5) is 26.2. The lowest BCUT2D eigenvalue weighted by Gasteiger charge is -2.35. The van der Waals surface area contributed by atoms with Crippen molar-refractivity contribution < 1.29 is 14.7 Å². The van der Waals surface area contributed by atoms with Crippen molar-refractivity contribution in [2.24, 2.45) is 5.92 Å². The minimum absolute atomic E-state index is 0.185. The molecule has 4 heteroatoms. The van der Waals surface area contributed by atoms with Crippen molar-refractivity contribution in [3.05, 3.63) is 71.3 Å². The van der Waals surface area contributed by atoms with E-state index in [9.17, 15) is 14.7 Å². The molecule has 0 bridgehead atoms. The maximum absolute atomic E-state index is 12.8. The summed E-state index contributed by atoms with van der Waals surface area (Å²) in [7, 11) is 0. The Balaban J connectivity index is 1.55. The number of piperidine rings is 1. The van der Waals surface area contributed by atoms with Crippen LogP contribution in [0.15, 0.2) is 54.6 Å². The van der Waals surface area contributed by atoms with Crippen molar-refractivity contribution >= 4 is 11.9 Å². The van der Waals surface area contributed by atoms with Gasteiger partial charge in [0.25, 0.3) is 0 Å². The van der Waals surface area contributed by atoms with Crippen LogP contribution in [-0.2, 0) is 16.6 Å². The van der Waals surface area contributed by atoms with E-state index in [4.69, 9.17) is 0 Å². The Hall–Kier alpha value is -2.62. The van der Waals surface area contributed by atoms with Crippen LogP contribution in [-0.4, -0.2) is 35.0 Å². The van der Waals surface area contributed by atoms with Gasteiger partial charge in [0.1, 0.15) is 0 Å². The molecule has 1 heterocycles. The van der Waals surface area contributed by atoms with E-state index < -0.39 is 5.97 Å². The molecule has 0 radical (unpaired) electrons. The van der Waals surface area contributed by atoms with E-state index >= 15 is 0 Å². The fraction of sp³-hybridized carbons (Fsp3) is 0.417. The Labute approximate surface area is 167 Å². The summed E-state index contributed by atoms with van der Waals surface area (Å²) in [5, 5.41) is 9.36. The SMILES string of the molecule is CC(C)(CC(=O)N1CCC(Cc2ccccc2C(=O)O)CC1)c1ccccc1. The number of hydrogen-bond acceptors (Lipinski definition) is 2.